The highest BCUT2D eigenvalue weighted by Gasteiger charge is 2.36. The maximum absolute atomic E-state index is 14.5. The Morgan fingerprint density at radius 1 is 0.930 bits per heavy atom. The number of carbonyl (C=O) groups is 3. The van der Waals surface area contributed by atoms with Crippen molar-refractivity contribution in [1.82, 2.24) is 15.2 Å². The van der Waals surface area contributed by atoms with Crippen LogP contribution in [0.4, 0.5) is 0 Å². The zero-order chi connectivity index (χ0) is 30.3. The fourth-order valence-electron chi connectivity index (χ4n) is 5.76. The van der Waals surface area contributed by atoms with E-state index in [0.29, 0.717) is 23.7 Å². The summed E-state index contributed by atoms with van der Waals surface area (Å²) in [5.74, 6) is -1.82. The molecule has 0 aliphatic carbocycles. The fourth-order valence-corrected chi connectivity index (χ4v) is 5.89. The van der Waals surface area contributed by atoms with Crippen molar-refractivity contribution in [2.24, 2.45) is 0 Å². The van der Waals surface area contributed by atoms with Crippen molar-refractivity contribution >= 4 is 29.4 Å². The topological polar surface area (TPSA) is 99.6 Å². The second-order valence-corrected chi connectivity index (χ2v) is 11.3. The molecule has 220 valence electrons. The summed E-state index contributed by atoms with van der Waals surface area (Å²) < 4.78 is 0. The highest BCUT2D eigenvalue weighted by Crippen LogP contribution is 2.40. The minimum atomic E-state index is -0.967. The van der Waals surface area contributed by atoms with Gasteiger partial charge in [-0.05, 0) is 77.1 Å². The number of nitrogens with one attached hydrogen (secondary N) is 1. The number of carboxylic acid groups (broad SMARTS) is 1. The van der Waals surface area contributed by atoms with Gasteiger partial charge in [0.2, 0.25) is 5.91 Å². The first kappa shape index (κ1) is 30.0. The normalized spacial score (nSPS) is 13.7. The molecule has 2 amide bonds. The molecule has 2 N–H and O–H groups in total. The minimum absolute atomic E-state index is 0.0480. The van der Waals surface area contributed by atoms with Crippen molar-refractivity contribution in [2.75, 3.05) is 6.54 Å². The minimum Gasteiger partial charge on any atom is -0.481 e. The Labute approximate surface area is 256 Å². The number of nitrogens with zero attached hydrogens (tertiary/aromatic N) is 2. The Hall–Kier alpha value is -4.49. The van der Waals surface area contributed by atoms with Crippen LogP contribution in [0.1, 0.15) is 70.6 Å². The first-order chi connectivity index (χ1) is 20.8. The number of fused-ring (bicyclic) bond motifs is 1. The second kappa shape index (κ2) is 13.7. The van der Waals surface area contributed by atoms with Gasteiger partial charge in [-0.25, -0.2) is 0 Å². The van der Waals surface area contributed by atoms with E-state index < -0.39 is 11.9 Å². The largest absolute Gasteiger partial charge is 0.481 e. The van der Waals surface area contributed by atoms with E-state index in [1.54, 1.807) is 18.3 Å². The monoisotopic (exact) mass is 595 g/mol. The van der Waals surface area contributed by atoms with Crippen LogP contribution in [0, 0.1) is 0 Å². The smallest absolute Gasteiger partial charge is 0.305 e. The fraction of sp³-hybridized carbons (Fsp3) is 0.257. The number of rotatable bonds is 11. The predicted molar refractivity (Wildman–Crippen MR) is 167 cm³/mol. The van der Waals surface area contributed by atoms with Gasteiger partial charge in [0.25, 0.3) is 5.91 Å². The van der Waals surface area contributed by atoms with Crippen LogP contribution in [-0.4, -0.2) is 39.3 Å². The Morgan fingerprint density at radius 2 is 1.65 bits per heavy atom. The van der Waals surface area contributed by atoms with Crippen molar-refractivity contribution < 1.29 is 19.5 Å². The highest BCUT2D eigenvalue weighted by molar-refractivity contribution is 6.30. The van der Waals surface area contributed by atoms with E-state index >= 15 is 0 Å². The quantitative estimate of drug-likeness (QED) is 0.198. The molecule has 2 atom stereocenters. The number of benzene rings is 3. The number of hydrogen-bond donors (Lipinski definition) is 2. The van der Waals surface area contributed by atoms with Crippen molar-refractivity contribution in [3.63, 3.8) is 0 Å². The molecule has 0 bridgehead atoms. The first-order valence-electron chi connectivity index (χ1n) is 14.5. The zero-order valence-electron chi connectivity index (χ0n) is 24.0. The summed E-state index contributed by atoms with van der Waals surface area (Å²) >= 11 is 6.24. The van der Waals surface area contributed by atoms with Crippen LogP contribution in [0.2, 0.25) is 5.02 Å². The van der Waals surface area contributed by atoms with Crippen LogP contribution in [0.3, 0.4) is 0 Å². The van der Waals surface area contributed by atoms with Crippen LogP contribution in [0.5, 0.6) is 0 Å². The summed E-state index contributed by atoms with van der Waals surface area (Å²) in [7, 11) is 0. The van der Waals surface area contributed by atoms with E-state index in [1.165, 1.54) is 0 Å². The summed E-state index contributed by atoms with van der Waals surface area (Å²) in [6.07, 6.45) is 3.28. The van der Waals surface area contributed by atoms with Crippen LogP contribution in [0.25, 0.3) is 11.3 Å². The molecule has 1 aliphatic rings. The van der Waals surface area contributed by atoms with Crippen LogP contribution in [0.15, 0.2) is 91.1 Å². The number of pyridine rings is 1. The van der Waals surface area contributed by atoms with E-state index in [4.69, 9.17) is 16.7 Å². The lowest BCUT2D eigenvalue weighted by Crippen LogP contribution is -2.34. The van der Waals surface area contributed by atoms with Crippen molar-refractivity contribution in [3.05, 3.63) is 124 Å². The van der Waals surface area contributed by atoms with Gasteiger partial charge in [0.15, 0.2) is 0 Å². The van der Waals surface area contributed by atoms with E-state index in [1.807, 2.05) is 59.5 Å². The predicted octanol–water partition coefficient (Wildman–Crippen LogP) is 6.82. The molecular weight excluding hydrogens is 562 g/mol. The molecule has 8 heteroatoms. The summed E-state index contributed by atoms with van der Waals surface area (Å²) in [4.78, 5) is 44.2. The Kier molecular flexibility index (Phi) is 9.52. The van der Waals surface area contributed by atoms with Gasteiger partial charge < -0.3 is 15.3 Å². The van der Waals surface area contributed by atoms with Crippen LogP contribution >= 0.6 is 11.6 Å². The molecule has 43 heavy (non-hydrogen) atoms. The molecule has 1 aliphatic heterocycles. The Bertz CT molecular complexity index is 1590. The molecule has 2 heterocycles. The van der Waals surface area contributed by atoms with Gasteiger partial charge in [0, 0.05) is 42.0 Å². The van der Waals surface area contributed by atoms with E-state index in [0.717, 1.165) is 46.4 Å². The molecule has 3 aromatic carbocycles. The summed E-state index contributed by atoms with van der Waals surface area (Å²) in [6, 6.07) is 26.9. The third-order valence-corrected chi connectivity index (χ3v) is 8.18. The van der Waals surface area contributed by atoms with Gasteiger partial charge in [-0.3, -0.25) is 19.4 Å². The van der Waals surface area contributed by atoms with Gasteiger partial charge in [0.05, 0.1) is 18.0 Å². The maximum atomic E-state index is 14.5. The van der Waals surface area contributed by atoms with Gasteiger partial charge in [-0.15, -0.1) is 0 Å². The van der Waals surface area contributed by atoms with Gasteiger partial charge in [0.1, 0.15) is 0 Å². The number of hydrogen-bond acceptors (Lipinski definition) is 4. The van der Waals surface area contributed by atoms with Crippen molar-refractivity contribution in [1.29, 1.82) is 0 Å². The molecule has 4 aromatic rings. The Balaban J connectivity index is 1.42. The van der Waals surface area contributed by atoms with E-state index in [9.17, 15) is 14.4 Å². The average molecular weight is 596 g/mol. The standard InChI is InChI=1S/C35H34ClN3O4/c1-2-5-30(23-7-9-25(10-8-23)34(42)38-19-17-32(40)41)33(24-13-15-29(36)16-14-24)35(43)39-21-27-12-11-26(20-28(27)22-39)31-6-3-4-18-37-31/h3-4,6-16,18,20,30,33H,2,5,17,19,21-22H2,1H3,(H,38,42)(H,40,41). The second-order valence-electron chi connectivity index (χ2n) is 10.8. The van der Waals surface area contributed by atoms with E-state index in [2.05, 4.69) is 35.4 Å². The van der Waals surface area contributed by atoms with Gasteiger partial charge in [-0.2, -0.15) is 0 Å². The summed E-state index contributed by atoms with van der Waals surface area (Å²) in [5, 5.41) is 12.1. The highest BCUT2D eigenvalue weighted by atomic mass is 35.5. The third-order valence-electron chi connectivity index (χ3n) is 7.92. The number of halogens is 1. The lowest BCUT2D eigenvalue weighted by molar-refractivity contribution is -0.137. The SMILES string of the molecule is CCCC(c1ccc(C(=O)NCCC(=O)O)cc1)C(C(=O)N1Cc2ccc(-c3ccccn3)cc2C1)c1ccc(Cl)cc1. The summed E-state index contributed by atoms with van der Waals surface area (Å²) in [6.45, 7) is 3.22. The molecule has 0 spiro atoms. The molecule has 0 radical (unpaired) electrons. The maximum Gasteiger partial charge on any atom is 0.305 e. The van der Waals surface area contributed by atoms with Crippen molar-refractivity contribution in [3.8, 4) is 11.3 Å². The molecule has 0 fully saturated rings. The molecule has 1 aromatic heterocycles. The van der Waals surface area contributed by atoms with Crippen molar-refractivity contribution in [2.45, 2.75) is 51.1 Å². The number of carbonyl (C=O) groups excluding carboxylic acids is 2. The van der Waals surface area contributed by atoms with Crippen LogP contribution < -0.4 is 5.32 Å². The van der Waals surface area contributed by atoms with Gasteiger partial charge >= 0.3 is 5.97 Å². The molecule has 0 saturated heterocycles. The molecule has 7 nitrogen and oxygen atoms in total. The Morgan fingerprint density at radius 3 is 2.33 bits per heavy atom. The number of amides is 2. The number of carboxylic acids is 1. The lowest BCUT2D eigenvalue weighted by atomic mass is 9.77. The molecule has 2 unspecified atom stereocenters. The number of aromatic nitrogens is 1. The van der Waals surface area contributed by atoms with Crippen LogP contribution in [-0.2, 0) is 22.7 Å². The average Bonchev–Trinajstić information content (AvgIpc) is 3.46. The molecule has 5 rings (SSSR count). The first-order valence-corrected chi connectivity index (χ1v) is 14.9. The van der Waals surface area contributed by atoms with E-state index in [-0.39, 0.29) is 30.7 Å². The zero-order valence-corrected chi connectivity index (χ0v) is 24.8. The third kappa shape index (κ3) is 7.12. The molecule has 0 saturated carbocycles. The lowest BCUT2D eigenvalue weighted by Gasteiger charge is -2.31. The van der Waals surface area contributed by atoms with Gasteiger partial charge in [-0.1, -0.05) is 67.4 Å². The molecular formula is C35H34ClN3O4. The number of aliphatic carboxylic acids is 1. The summed E-state index contributed by atoms with van der Waals surface area (Å²) in [5.41, 5.74) is 6.48.